The summed E-state index contributed by atoms with van der Waals surface area (Å²) in [7, 11) is 1.84. The molecule has 6 rings (SSSR count). The first-order chi connectivity index (χ1) is 14.1. The summed E-state index contributed by atoms with van der Waals surface area (Å²) in [4.78, 5) is 26.9. The summed E-state index contributed by atoms with van der Waals surface area (Å²) in [5.74, 6) is 1.31. The van der Waals surface area contributed by atoms with Gasteiger partial charge in [-0.05, 0) is 24.3 Å². The lowest BCUT2D eigenvalue weighted by atomic mass is 9.90. The van der Waals surface area contributed by atoms with Crippen molar-refractivity contribution < 1.29 is 4.79 Å². The Bertz CT molecular complexity index is 1100. The van der Waals surface area contributed by atoms with Crippen molar-refractivity contribution >= 4 is 23.1 Å². The highest BCUT2D eigenvalue weighted by Crippen LogP contribution is 2.35. The van der Waals surface area contributed by atoms with Crippen molar-refractivity contribution in [3.63, 3.8) is 0 Å². The van der Waals surface area contributed by atoms with Crippen molar-refractivity contribution in [2.75, 3.05) is 18.0 Å². The first kappa shape index (κ1) is 17.8. The number of piperazine rings is 1. The van der Waals surface area contributed by atoms with Gasteiger partial charge in [0, 0.05) is 38.4 Å². The van der Waals surface area contributed by atoms with E-state index in [4.69, 9.17) is 4.98 Å². The average molecular weight is 405 g/mol. The number of nitriles is 1. The molecule has 2 bridgehead atoms. The second-order valence-electron chi connectivity index (χ2n) is 7.42. The van der Waals surface area contributed by atoms with Crippen molar-refractivity contribution in [2.24, 2.45) is 7.05 Å². The standard InChI is InChI=1S/C20H19N7OS/c1-25-10-14(9-23-25)18-22-8-13(7-21)19(24-18)26-11-16-5-4-15(26)12-27(16)20(28)17-3-2-6-29-17/h2-3,6,8-10,15-16H,4-5,11-12H2,1H3/t15-,16-/m0/s1. The number of rotatable bonds is 3. The number of carbonyl (C=O) groups excluding carboxylic acids is 1. The van der Waals surface area contributed by atoms with Crippen molar-refractivity contribution in [1.29, 1.82) is 5.26 Å². The van der Waals surface area contributed by atoms with Gasteiger partial charge in [-0.2, -0.15) is 10.4 Å². The minimum Gasteiger partial charge on any atom is -0.349 e. The molecule has 0 radical (unpaired) electrons. The van der Waals surface area contributed by atoms with Gasteiger partial charge < -0.3 is 9.80 Å². The van der Waals surface area contributed by atoms with Crippen LogP contribution in [-0.2, 0) is 7.05 Å². The Morgan fingerprint density at radius 1 is 1.28 bits per heavy atom. The van der Waals surface area contributed by atoms with E-state index in [0.717, 1.165) is 23.3 Å². The highest BCUT2D eigenvalue weighted by molar-refractivity contribution is 7.12. The molecule has 0 saturated carbocycles. The van der Waals surface area contributed by atoms with E-state index in [1.54, 1.807) is 17.1 Å². The second kappa shape index (κ2) is 6.97. The molecule has 3 aromatic heterocycles. The van der Waals surface area contributed by atoms with Gasteiger partial charge in [0.2, 0.25) is 0 Å². The van der Waals surface area contributed by atoms with Crippen LogP contribution in [0.25, 0.3) is 11.4 Å². The predicted octanol–water partition coefficient (Wildman–Crippen LogP) is 2.30. The summed E-state index contributed by atoms with van der Waals surface area (Å²) in [5.41, 5.74) is 1.27. The van der Waals surface area contributed by atoms with Gasteiger partial charge in [0.25, 0.3) is 5.91 Å². The molecule has 3 saturated heterocycles. The molecule has 3 aliphatic rings. The maximum absolute atomic E-state index is 12.9. The van der Waals surface area contributed by atoms with E-state index >= 15 is 0 Å². The zero-order chi connectivity index (χ0) is 20.0. The molecule has 0 N–H and O–H groups in total. The Morgan fingerprint density at radius 2 is 2.14 bits per heavy atom. The molecular formula is C20H19N7OS. The van der Waals surface area contributed by atoms with E-state index in [1.165, 1.54) is 11.3 Å². The topological polar surface area (TPSA) is 90.9 Å². The number of aromatic nitrogens is 4. The Kier molecular flexibility index (Phi) is 4.28. The van der Waals surface area contributed by atoms with Gasteiger partial charge in [-0.1, -0.05) is 6.07 Å². The van der Waals surface area contributed by atoms with Gasteiger partial charge in [0.15, 0.2) is 11.6 Å². The highest BCUT2D eigenvalue weighted by Gasteiger charge is 2.42. The van der Waals surface area contributed by atoms with E-state index in [2.05, 4.69) is 21.1 Å². The van der Waals surface area contributed by atoms with Crippen LogP contribution in [0.3, 0.4) is 0 Å². The van der Waals surface area contributed by atoms with Crippen molar-refractivity contribution in [2.45, 2.75) is 24.9 Å². The molecule has 3 aliphatic heterocycles. The normalized spacial score (nSPS) is 20.7. The van der Waals surface area contributed by atoms with Crippen molar-refractivity contribution in [3.05, 3.63) is 46.5 Å². The summed E-state index contributed by atoms with van der Waals surface area (Å²) in [6.45, 7) is 1.33. The molecule has 6 heterocycles. The molecule has 29 heavy (non-hydrogen) atoms. The quantitative estimate of drug-likeness (QED) is 0.664. The summed E-state index contributed by atoms with van der Waals surface area (Å²) >= 11 is 1.48. The van der Waals surface area contributed by atoms with Gasteiger partial charge >= 0.3 is 0 Å². The van der Waals surface area contributed by atoms with Gasteiger partial charge in [-0.15, -0.1) is 11.3 Å². The number of carbonyl (C=O) groups is 1. The SMILES string of the molecule is Cn1cc(-c2ncc(C#N)c(N3C[C@@H]4CC[C@H]3CN4C(=O)c3cccs3)n2)cn1. The number of aryl methyl sites for hydroxylation is 1. The summed E-state index contributed by atoms with van der Waals surface area (Å²) in [5, 5.41) is 15.7. The van der Waals surface area contributed by atoms with Crippen LogP contribution in [0, 0.1) is 11.3 Å². The zero-order valence-corrected chi connectivity index (χ0v) is 16.7. The summed E-state index contributed by atoms with van der Waals surface area (Å²) in [6, 6.07) is 6.28. The van der Waals surface area contributed by atoms with E-state index < -0.39 is 0 Å². The maximum atomic E-state index is 12.9. The third kappa shape index (κ3) is 3.06. The zero-order valence-electron chi connectivity index (χ0n) is 15.9. The minimum absolute atomic E-state index is 0.105. The smallest absolute Gasteiger partial charge is 0.264 e. The fraction of sp³-hybridized carbons (Fsp3) is 0.350. The third-order valence-electron chi connectivity index (χ3n) is 5.65. The number of anilines is 1. The van der Waals surface area contributed by atoms with E-state index in [0.29, 0.717) is 30.3 Å². The van der Waals surface area contributed by atoms with Crippen LogP contribution in [0.4, 0.5) is 5.82 Å². The third-order valence-corrected chi connectivity index (χ3v) is 6.50. The molecule has 2 atom stereocenters. The number of piperidine rings is 2. The molecule has 3 aromatic rings. The summed E-state index contributed by atoms with van der Waals surface area (Å²) in [6.07, 6.45) is 7.11. The lowest BCUT2D eigenvalue weighted by Crippen LogP contribution is -2.64. The first-order valence-electron chi connectivity index (χ1n) is 9.51. The largest absolute Gasteiger partial charge is 0.349 e. The monoisotopic (exact) mass is 405 g/mol. The Morgan fingerprint density at radius 3 is 2.79 bits per heavy atom. The molecule has 3 fully saturated rings. The number of nitrogens with zero attached hydrogens (tertiary/aromatic N) is 7. The second-order valence-corrected chi connectivity index (χ2v) is 8.37. The highest BCUT2D eigenvalue weighted by atomic mass is 32.1. The molecule has 0 unspecified atom stereocenters. The van der Waals surface area contributed by atoms with Crippen LogP contribution >= 0.6 is 11.3 Å². The molecule has 0 aliphatic carbocycles. The van der Waals surface area contributed by atoms with E-state index in [1.807, 2.05) is 35.7 Å². The number of fused-ring (bicyclic) bond motifs is 3. The molecular weight excluding hydrogens is 386 g/mol. The van der Waals surface area contributed by atoms with Crippen LogP contribution in [-0.4, -0.2) is 55.7 Å². The molecule has 0 spiro atoms. The van der Waals surface area contributed by atoms with Gasteiger partial charge in [0.1, 0.15) is 11.6 Å². The minimum atomic E-state index is 0.105. The number of hydrogen-bond donors (Lipinski definition) is 0. The fourth-order valence-electron chi connectivity index (χ4n) is 4.22. The number of hydrogen-bond acceptors (Lipinski definition) is 7. The Balaban J connectivity index is 1.45. The lowest BCUT2D eigenvalue weighted by molar-refractivity contribution is 0.0509. The lowest BCUT2D eigenvalue weighted by Gasteiger charge is -2.52. The van der Waals surface area contributed by atoms with Crippen LogP contribution in [0.5, 0.6) is 0 Å². The molecule has 1 amide bonds. The van der Waals surface area contributed by atoms with E-state index in [9.17, 15) is 10.1 Å². The Hall–Kier alpha value is -3.25. The molecule has 0 aromatic carbocycles. The van der Waals surface area contributed by atoms with Crippen molar-refractivity contribution in [3.8, 4) is 17.5 Å². The number of amides is 1. The number of thiophene rings is 1. The van der Waals surface area contributed by atoms with Gasteiger partial charge in [0.05, 0.1) is 22.8 Å². The maximum Gasteiger partial charge on any atom is 0.264 e. The van der Waals surface area contributed by atoms with Crippen LogP contribution in [0.15, 0.2) is 36.1 Å². The van der Waals surface area contributed by atoms with Crippen molar-refractivity contribution in [1.82, 2.24) is 24.6 Å². The average Bonchev–Trinajstić information content (AvgIpc) is 3.45. The van der Waals surface area contributed by atoms with Crippen LogP contribution in [0.1, 0.15) is 28.1 Å². The molecule has 9 heteroatoms. The Labute approximate surface area is 172 Å². The van der Waals surface area contributed by atoms with Gasteiger partial charge in [-0.25, -0.2) is 9.97 Å². The fourth-order valence-corrected chi connectivity index (χ4v) is 4.90. The predicted molar refractivity (Wildman–Crippen MR) is 108 cm³/mol. The van der Waals surface area contributed by atoms with E-state index in [-0.39, 0.29) is 18.0 Å². The van der Waals surface area contributed by atoms with Crippen LogP contribution in [0.2, 0.25) is 0 Å². The molecule has 146 valence electrons. The van der Waals surface area contributed by atoms with Crippen LogP contribution < -0.4 is 4.90 Å². The molecule has 8 nitrogen and oxygen atoms in total. The first-order valence-corrected chi connectivity index (χ1v) is 10.4. The summed E-state index contributed by atoms with van der Waals surface area (Å²) < 4.78 is 1.70. The van der Waals surface area contributed by atoms with Gasteiger partial charge in [-0.3, -0.25) is 9.48 Å².